The quantitative estimate of drug-likeness (QED) is 0.820. The largest absolute Gasteiger partial charge is 0.326 e. The van der Waals surface area contributed by atoms with Gasteiger partial charge in [-0.1, -0.05) is 32.9 Å². The van der Waals surface area contributed by atoms with Crippen molar-refractivity contribution in [3.05, 3.63) is 29.8 Å². The Kier molecular flexibility index (Phi) is 6.03. The van der Waals surface area contributed by atoms with Gasteiger partial charge in [-0.3, -0.25) is 4.79 Å². The van der Waals surface area contributed by atoms with Gasteiger partial charge >= 0.3 is 0 Å². The second-order valence-corrected chi connectivity index (χ2v) is 5.45. The molecule has 1 rings (SSSR count). The van der Waals surface area contributed by atoms with E-state index < -0.39 is 0 Å². The molecule has 0 saturated carbocycles. The van der Waals surface area contributed by atoms with E-state index in [1.165, 1.54) is 12.5 Å². The second kappa shape index (κ2) is 7.29. The number of rotatable bonds is 6. The summed E-state index contributed by atoms with van der Waals surface area (Å²) in [5, 5.41) is 6.47. The highest BCUT2D eigenvalue weighted by Crippen LogP contribution is 2.19. The molecule has 0 spiro atoms. The van der Waals surface area contributed by atoms with Crippen LogP contribution in [0.15, 0.2) is 24.3 Å². The Morgan fingerprint density at radius 2 is 1.95 bits per heavy atom. The van der Waals surface area contributed by atoms with Gasteiger partial charge < -0.3 is 10.6 Å². The lowest BCUT2D eigenvalue weighted by molar-refractivity contribution is -0.114. The van der Waals surface area contributed by atoms with Gasteiger partial charge in [-0.25, -0.2) is 0 Å². The van der Waals surface area contributed by atoms with Gasteiger partial charge in [0.2, 0.25) is 5.91 Å². The summed E-state index contributed by atoms with van der Waals surface area (Å²) in [4.78, 5) is 11.1. The van der Waals surface area contributed by atoms with Crippen LogP contribution >= 0.6 is 0 Å². The Hall–Kier alpha value is -1.35. The predicted octanol–water partition coefficient (Wildman–Crippen LogP) is 3.73. The molecular weight excluding hydrogens is 236 g/mol. The molecule has 106 valence electrons. The first-order valence-corrected chi connectivity index (χ1v) is 7.07. The number of amides is 1. The molecule has 0 radical (unpaired) electrons. The highest BCUT2D eigenvalue weighted by molar-refractivity contribution is 5.88. The van der Waals surface area contributed by atoms with E-state index in [0.717, 1.165) is 12.1 Å². The molecule has 0 fully saturated rings. The molecule has 0 aromatic heterocycles. The highest BCUT2D eigenvalue weighted by Gasteiger charge is 2.15. The molecule has 0 aliphatic carbocycles. The summed E-state index contributed by atoms with van der Waals surface area (Å²) in [6.07, 6.45) is 1.12. The van der Waals surface area contributed by atoms with Crippen LogP contribution in [0.3, 0.4) is 0 Å². The van der Waals surface area contributed by atoms with E-state index in [1.54, 1.807) is 0 Å². The maximum atomic E-state index is 11.1. The van der Waals surface area contributed by atoms with Crippen LogP contribution in [0.5, 0.6) is 0 Å². The summed E-state index contributed by atoms with van der Waals surface area (Å²) in [6.45, 7) is 10.4. The minimum Gasteiger partial charge on any atom is -0.326 e. The average Bonchev–Trinajstić information content (AvgIpc) is 2.34. The Bertz CT molecular complexity index is 415. The van der Waals surface area contributed by atoms with Crippen molar-refractivity contribution in [2.45, 2.75) is 53.1 Å². The first-order chi connectivity index (χ1) is 8.93. The van der Waals surface area contributed by atoms with E-state index in [1.807, 2.05) is 18.2 Å². The average molecular weight is 262 g/mol. The fourth-order valence-electron chi connectivity index (χ4n) is 2.29. The summed E-state index contributed by atoms with van der Waals surface area (Å²) >= 11 is 0. The van der Waals surface area contributed by atoms with Crippen molar-refractivity contribution in [1.82, 2.24) is 5.32 Å². The molecule has 2 unspecified atom stereocenters. The summed E-state index contributed by atoms with van der Waals surface area (Å²) in [5.41, 5.74) is 2.06. The summed E-state index contributed by atoms with van der Waals surface area (Å²) in [7, 11) is 0. The third-order valence-electron chi connectivity index (χ3n) is 3.42. The van der Waals surface area contributed by atoms with Gasteiger partial charge in [0, 0.05) is 24.7 Å². The van der Waals surface area contributed by atoms with Gasteiger partial charge in [0.15, 0.2) is 0 Å². The van der Waals surface area contributed by atoms with Gasteiger partial charge in [-0.2, -0.15) is 0 Å². The van der Waals surface area contributed by atoms with Crippen molar-refractivity contribution in [3.8, 4) is 0 Å². The van der Waals surface area contributed by atoms with Crippen molar-refractivity contribution in [1.29, 1.82) is 0 Å². The molecule has 0 bridgehead atoms. The molecule has 0 saturated heterocycles. The van der Waals surface area contributed by atoms with Gasteiger partial charge in [-0.05, 0) is 37.0 Å². The number of carbonyl (C=O) groups excluding carboxylic acids is 1. The highest BCUT2D eigenvalue weighted by atomic mass is 16.1. The standard InChI is InChI=1S/C16H26N2O/c1-6-16(11(2)3)17-12(4)14-8-7-9-15(10-14)18-13(5)19/h7-12,16-17H,6H2,1-5H3,(H,18,19). The van der Waals surface area contributed by atoms with Gasteiger partial charge in [0.25, 0.3) is 0 Å². The van der Waals surface area contributed by atoms with Crippen LogP contribution in [-0.2, 0) is 4.79 Å². The molecule has 1 aromatic rings. The molecular formula is C16H26N2O. The minimum absolute atomic E-state index is 0.0358. The molecule has 3 nitrogen and oxygen atoms in total. The number of anilines is 1. The molecule has 0 heterocycles. The zero-order valence-electron chi connectivity index (χ0n) is 12.7. The topological polar surface area (TPSA) is 41.1 Å². The molecule has 19 heavy (non-hydrogen) atoms. The first kappa shape index (κ1) is 15.7. The number of benzene rings is 1. The Morgan fingerprint density at radius 3 is 2.47 bits per heavy atom. The summed E-state index contributed by atoms with van der Waals surface area (Å²) in [6, 6.07) is 8.81. The normalized spacial score (nSPS) is 14.2. The van der Waals surface area contributed by atoms with E-state index in [4.69, 9.17) is 0 Å². The van der Waals surface area contributed by atoms with Gasteiger partial charge in [-0.15, -0.1) is 0 Å². The molecule has 1 amide bonds. The lowest BCUT2D eigenvalue weighted by Gasteiger charge is -2.26. The van der Waals surface area contributed by atoms with Crippen molar-refractivity contribution < 1.29 is 4.79 Å². The van der Waals surface area contributed by atoms with Crippen LogP contribution in [0.25, 0.3) is 0 Å². The van der Waals surface area contributed by atoms with E-state index >= 15 is 0 Å². The summed E-state index contributed by atoms with van der Waals surface area (Å²) < 4.78 is 0. The van der Waals surface area contributed by atoms with Gasteiger partial charge in [0.1, 0.15) is 0 Å². The monoisotopic (exact) mass is 262 g/mol. The SMILES string of the molecule is CCC(NC(C)c1cccc(NC(C)=O)c1)C(C)C. The Morgan fingerprint density at radius 1 is 1.26 bits per heavy atom. The maximum absolute atomic E-state index is 11.1. The van der Waals surface area contributed by atoms with Crippen LogP contribution in [0.2, 0.25) is 0 Å². The van der Waals surface area contributed by atoms with E-state index in [9.17, 15) is 4.79 Å². The molecule has 0 aliphatic heterocycles. The zero-order chi connectivity index (χ0) is 14.4. The molecule has 3 heteroatoms. The van der Waals surface area contributed by atoms with E-state index in [2.05, 4.69) is 44.4 Å². The number of nitrogens with one attached hydrogen (secondary N) is 2. The third-order valence-corrected chi connectivity index (χ3v) is 3.42. The lowest BCUT2D eigenvalue weighted by Crippen LogP contribution is -2.35. The van der Waals surface area contributed by atoms with Crippen molar-refractivity contribution in [2.75, 3.05) is 5.32 Å². The molecule has 1 aromatic carbocycles. The molecule has 2 N–H and O–H groups in total. The Balaban J connectivity index is 2.76. The first-order valence-electron chi connectivity index (χ1n) is 7.07. The number of hydrogen-bond acceptors (Lipinski definition) is 2. The number of hydrogen-bond donors (Lipinski definition) is 2. The van der Waals surface area contributed by atoms with Crippen LogP contribution in [0.4, 0.5) is 5.69 Å². The van der Waals surface area contributed by atoms with Crippen LogP contribution in [0, 0.1) is 5.92 Å². The minimum atomic E-state index is -0.0358. The second-order valence-electron chi connectivity index (χ2n) is 5.45. The number of carbonyl (C=O) groups is 1. The van der Waals surface area contributed by atoms with Crippen molar-refractivity contribution in [2.24, 2.45) is 5.92 Å². The van der Waals surface area contributed by atoms with Crippen LogP contribution in [-0.4, -0.2) is 11.9 Å². The maximum Gasteiger partial charge on any atom is 0.221 e. The predicted molar refractivity (Wildman–Crippen MR) is 81.2 cm³/mol. The van der Waals surface area contributed by atoms with Crippen LogP contribution < -0.4 is 10.6 Å². The molecule has 0 aliphatic rings. The third kappa shape index (κ3) is 5.03. The fraction of sp³-hybridized carbons (Fsp3) is 0.562. The molecule has 2 atom stereocenters. The lowest BCUT2D eigenvalue weighted by atomic mass is 9.99. The Labute approximate surface area is 116 Å². The van der Waals surface area contributed by atoms with Crippen molar-refractivity contribution >= 4 is 11.6 Å². The fourth-order valence-corrected chi connectivity index (χ4v) is 2.29. The van der Waals surface area contributed by atoms with Crippen LogP contribution in [0.1, 0.15) is 52.6 Å². The van der Waals surface area contributed by atoms with Gasteiger partial charge in [0.05, 0.1) is 0 Å². The van der Waals surface area contributed by atoms with Crippen molar-refractivity contribution in [3.63, 3.8) is 0 Å². The van der Waals surface area contributed by atoms with E-state index in [0.29, 0.717) is 12.0 Å². The smallest absolute Gasteiger partial charge is 0.221 e. The summed E-state index contributed by atoms with van der Waals surface area (Å²) in [5.74, 6) is 0.581. The van der Waals surface area contributed by atoms with E-state index in [-0.39, 0.29) is 11.9 Å². The zero-order valence-corrected chi connectivity index (χ0v) is 12.7.